The second kappa shape index (κ2) is 4.16. The summed E-state index contributed by atoms with van der Waals surface area (Å²) in [4.78, 5) is 14.1. The van der Waals surface area contributed by atoms with Crippen LogP contribution in [0.2, 0.25) is 0 Å². The zero-order valence-corrected chi connectivity index (χ0v) is 7.63. The lowest BCUT2D eigenvalue weighted by Gasteiger charge is -2.10. The van der Waals surface area contributed by atoms with Crippen molar-refractivity contribution in [3.8, 4) is 5.75 Å². The van der Waals surface area contributed by atoms with Gasteiger partial charge in [0.15, 0.2) is 17.3 Å². The molecule has 1 aromatic rings. The molecule has 0 saturated heterocycles. The number of carbonyl (C=O) groups is 1. The van der Waals surface area contributed by atoms with Crippen molar-refractivity contribution in [2.45, 2.75) is 6.43 Å². The van der Waals surface area contributed by atoms with Gasteiger partial charge in [0.25, 0.3) is 12.3 Å². The molecule has 2 N–H and O–H groups in total. The van der Waals surface area contributed by atoms with Crippen molar-refractivity contribution in [1.29, 1.82) is 0 Å². The van der Waals surface area contributed by atoms with Gasteiger partial charge >= 0.3 is 0 Å². The molecule has 0 saturated carbocycles. The quantitative estimate of drug-likeness (QED) is 0.834. The van der Waals surface area contributed by atoms with Crippen molar-refractivity contribution in [2.24, 2.45) is 5.73 Å². The first kappa shape index (κ1) is 11.3. The summed E-state index contributed by atoms with van der Waals surface area (Å²) in [5.41, 5.74) is 3.33. The highest BCUT2D eigenvalue weighted by Crippen LogP contribution is 2.32. The number of rotatable bonds is 3. The van der Waals surface area contributed by atoms with Gasteiger partial charge < -0.3 is 10.5 Å². The molecule has 0 fully saturated rings. The topological polar surface area (TPSA) is 65.2 Å². The fraction of sp³-hybridized carbons (Fsp3) is 0.250. The summed E-state index contributed by atoms with van der Waals surface area (Å²) in [6, 6.07) is 0. The zero-order chi connectivity index (χ0) is 11.6. The molecule has 0 aliphatic carbocycles. The van der Waals surface area contributed by atoms with Gasteiger partial charge in [-0.15, -0.1) is 0 Å². The monoisotopic (exact) mass is 220 g/mol. The lowest BCUT2D eigenvalue weighted by atomic mass is 10.2. The largest absolute Gasteiger partial charge is 0.494 e. The minimum atomic E-state index is -3.11. The first-order valence-corrected chi connectivity index (χ1v) is 3.79. The predicted molar refractivity (Wildman–Crippen MR) is 44.2 cm³/mol. The maximum absolute atomic E-state index is 13.0. The molecule has 0 aromatic carbocycles. The van der Waals surface area contributed by atoms with E-state index in [1.165, 1.54) is 0 Å². The number of alkyl halides is 2. The van der Waals surface area contributed by atoms with Gasteiger partial charge in [-0.2, -0.15) is 0 Å². The molecule has 0 spiro atoms. The Balaban J connectivity index is 3.47. The summed E-state index contributed by atoms with van der Waals surface area (Å²) in [5, 5.41) is 0. The van der Waals surface area contributed by atoms with E-state index < -0.39 is 35.2 Å². The van der Waals surface area contributed by atoms with Crippen LogP contribution in [-0.2, 0) is 0 Å². The van der Waals surface area contributed by atoms with Crippen LogP contribution in [0.3, 0.4) is 0 Å². The van der Waals surface area contributed by atoms with Crippen molar-refractivity contribution in [3.63, 3.8) is 0 Å². The fourth-order valence-corrected chi connectivity index (χ4v) is 1.07. The van der Waals surface area contributed by atoms with Crippen LogP contribution >= 0.6 is 0 Å². The van der Waals surface area contributed by atoms with Gasteiger partial charge in [-0.3, -0.25) is 4.79 Å². The van der Waals surface area contributed by atoms with Crippen molar-refractivity contribution in [3.05, 3.63) is 23.3 Å². The smallest absolute Gasteiger partial charge is 0.271 e. The van der Waals surface area contributed by atoms with Crippen molar-refractivity contribution in [1.82, 2.24) is 4.98 Å². The molecule has 4 nitrogen and oxygen atoms in total. The Morgan fingerprint density at radius 2 is 2.20 bits per heavy atom. The first-order chi connectivity index (χ1) is 6.99. The number of primary amides is 1. The zero-order valence-electron chi connectivity index (χ0n) is 7.63. The highest BCUT2D eigenvalue weighted by molar-refractivity contribution is 5.94. The number of carbonyl (C=O) groups excluding carboxylic acids is 1. The van der Waals surface area contributed by atoms with E-state index in [2.05, 4.69) is 9.72 Å². The molecule has 0 atom stereocenters. The SMILES string of the molecule is COc1c(C(N)=O)ncc(F)c1C(F)F. The number of aromatic nitrogens is 1. The van der Waals surface area contributed by atoms with E-state index in [4.69, 9.17) is 5.73 Å². The van der Waals surface area contributed by atoms with E-state index in [1.807, 2.05) is 0 Å². The molecule has 0 bridgehead atoms. The summed E-state index contributed by atoms with van der Waals surface area (Å²) >= 11 is 0. The van der Waals surface area contributed by atoms with Crippen LogP contribution in [0.5, 0.6) is 5.75 Å². The minimum absolute atomic E-state index is 0.504. The average molecular weight is 220 g/mol. The summed E-state index contributed by atoms with van der Waals surface area (Å²) in [5.74, 6) is -2.93. The van der Waals surface area contributed by atoms with Crippen molar-refractivity contribution >= 4 is 5.91 Å². The van der Waals surface area contributed by atoms with Gasteiger partial charge in [0.1, 0.15) is 0 Å². The third kappa shape index (κ3) is 2.00. The number of methoxy groups -OCH3 is 1. The highest BCUT2D eigenvalue weighted by Gasteiger charge is 2.25. The normalized spacial score (nSPS) is 10.5. The predicted octanol–water partition coefficient (Wildman–Crippen LogP) is 1.27. The lowest BCUT2D eigenvalue weighted by Crippen LogP contribution is -2.16. The number of halogens is 3. The molecule has 0 aliphatic rings. The molecular formula is C8H7F3N2O2. The second-order valence-corrected chi connectivity index (χ2v) is 2.57. The van der Waals surface area contributed by atoms with E-state index >= 15 is 0 Å². The Morgan fingerprint density at radius 3 is 2.60 bits per heavy atom. The molecule has 82 valence electrons. The molecule has 0 aliphatic heterocycles. The third-order valence-electron chi connectivity index (χ3n) is 1.68. The Labute approximate surface area is 82.9 Å². The number of pyridine rings is 1. The number of nitrogens with two attached hydrogens (primary N) is 1. The lowest BCUT2D eigenvalue weighted by molar-refractivity contribution is 0.0990. The van der Waals surface area contributed by atoms with E-state index in [0.29, 0.717) is 6.20 Å². The standard InChI is InChI=1S/C8H7F3N2O2/c1-15-6-4(7(10)11)3(9)2-13-5(6)8(12)14/h2,7H,1H3,(H2,12,14). The summed E-state index contributed by atoms with van der Waals surface area (Å²) in [6.07, 6.45) is -2.61. The van der Waals surface area contributed by atoms with Crippen LogP contribution in [0.15, 0.2) is 6.20 Å². The minimum Gasteiger partial charge on any atom is -0.494 e. The van der Waals surface area contributed by atoms with Crippen LogP contribution in [0.1, 0.15) is 22.5 Å². The van der Waals surface area contributed by atoms with E-state index in [9.17, 15) is 18.0 Å². The van der Waals surface area contributed by atoms with Crippen LogP contribution in [0, 0.1) is 5.82 Å². The average Bonchev–Trinajstić information content (AvgIpc) is 2.15. The van der Waals surface area contributed by atoms with Gasteiger partial charge in [0.05, 0.1) is 18.9 Å². The van der Waals surface area contributed by atoms with Crippen molar-refractivity contribution < 1.29 is 22.7 Å². The third-order valence-corrected chi connectivity index (χ3v) is 1.68. The number of hydrogen-bond acceptors (Lipinski definition) is 3. The van der Waals surface area contributed by atoms with E-state index in [-0.39, 0.29) is 0 Å². The number of amides is 1. The fourth-order valence-electron chi connectivity index (χ4n) is 1.07. The van der Waals surface area contributed by atoms with Crippen molar-refractivity contribution in [2.75, 3.05) is 7.11 Å². The van der Waals surface area contributed by atoms with Crippen LogP contribution in [0.4, 0.5) is 13.2 Å². The Bertz CT molecular complexity index is 396. The van der Waals surface area contributed by atoms with Crippen LogP contribution in [-0.4, -0.2) is 18.0 Å². The van der Waals surface area contributed by atoms with Gasteiger partial charge in [0, 0.05) is 0 Å². The summed E-state index contributed by atoms with van der Waals surface area (Å²) < 4.78 is 42.3. The molecule has 1 aromatic heterocycles. The van der Waals surface area contributed by atoms with Gasteiger partial charge in [-0.05, 0) is 0 Å². The van der Waals surface area contributed by atoms with Gasteiger partial charge in [-0.25, -0.2) is 18.2 Å². The molecule has 1 amide bonds. The molecule has 15 heavy (non-hydrogen) atoms. The maximum atomic E-state index is 13.0. The molecular weight excluding hydrogens is 213 g/mol. The van der Waals surface area contributed by atoms with Crippen LogP contribution < -0.4 is 10.5 Å². The Kier molecular flexibility index (Phi) is 3.13. The number of ether oxygens (including phenoxy) is 1. The molecule has 0 unspecified atom stereocenters. The number of hydrogen-bond donors (Lipinski definition) is 1. The van der Waals surface area contributed by atoms with Crippen LogP contribution in [0.25, 0.3) is 0 Å². The molecule has 7 heteroatoms. The maximum Gasteiger partial charge on any atom is 0.271 e. The molecule has 1 rings (SSSR count). The summed E-state index contributed by atoms with van der Waals surface area (Å²) in [6.45, 7) is 0. The number of nitrogens with zero attached hydrogens (tertiary/aromatic N) is 1. The van der Waals surface area contributed by atoms with E-state index in [1.54, 1.807) is 0 Å². The Morgan fingerprint density at radius 1 is 1.60 bits per heavy atom. The Hall–Kier alpha value is -1.79. The van der Waals surface area contributed by atoms with Gasteiger partial charge in [0.2, 0.25) is 0 Å². The highest BCUT2D eigenvalue weighted by atomic mass is 19.3. The second-order valence-electron chi connectivity index (χ2n) is 2.57. The van der Waals surface area contributed by atoms with Gasteiger partial charge in [-0.1, -0.05) is 0 Å². The molecule has 0 radical (unpaired) electrons. The molecule has 1 heterocycles. The van der Waals surface area contributed by atoms with E-state index in [0.717, 1.165) is 7.11 Å². The summed E-state index contributed by atoms with van der Waals surface area (Å²) in [7, 11) is 1.02. The first-order valence-electron chi connectivity index (χ1n) is 3.79.